The van der Waals surface area contributed by atoms with Gasteiger partial charge in [-0.05, 0) is 68.3 Å². The fourth-order valence-corrected chi connectivity index (χ4v) is 2.87. The zero-order valence-electron chi connectivity index (χ0n) is 14.0. The summed E-state index contributed by atoms with van der Waals surface area (Å²) in [6.07, 6.45) is -0.793. The molecule has 25 heavy (non-hydrogen) atoms. The predicted molar refractivity (Wildman–Crippen MR) is 97.5 cm³/mol. The number of nitrogens with two attached hydrogens (primary N) is 1. The molecule has 0 saturated carbocycles. The molecule has 0 radical (unpaired) electrons. The molecule has 1 amide bonds. The number of carbonyl (C=O) groups excluding carboxylic acids is 1. The molecular formula is C17H19ClN2O4S. The Labute approximate surface area is 152 Å². The number of ether oxygens (including phenoxy) is 1. The van der Waals surface area contributed by atoms with Crippen molar-refractivity contribution in [1.29, 1.82) is 0 Å². The average molecular weight is 383 g/mol. The van der Waals surface area contributed by atoms with E-state index in [1.165, 1.54) is 12.1 Å². The number of amides is 1. The number of sulfonamides is 1. The molecule has 2 aromatic rings. The average Bonchev–Trinajstić information content (AvgIpc) is 2.52. The first-order valence-electron chi connectivity index (χ1n) is 7.45. The normalized spacial score (nSPS) is 12.5. The molecule has 0 fully saturated rings. The summed E-state index contributed by atoms with van der Waals surface area (Å²) in [6, 6.07) is 9.43. The van der Waals surface area contributed by atoms with Crippen LogP contribution in [-0.4, -0.2) is 20.4 Å². The van der Waals surface area contributed by atoms with Crippen molar-refractivity contribution >= 4 is 33.2 Å². The molecule has 8 heteroatoms. The van der Waals surface area contributed by atoms with Crippen LogP contribution in [0.5, 0.6) is 5.75 Å². The Morgan fingerprint density at radius 1 is 1.20 bits per heavy atom. The van der Waals surface area contributed by atoms with Gasteiger partial charge in [0.05, 0.1) is 4.90 Å². The first kappa shape index (κ1) is 19.2. The molecule has 0 saturated heterocycles. The second-order valence-electron chi connectivity index (χ2n) is 5.66. The number of rotatable bonds is 5. The summed E-state index contributed by atoms with van der Waals surface area (Å²) in [5.74, 6) is 0.0854. The van der Waals surface area contributed by atoms with Gasteiger partial charge in [0.15, 0.2) is 6.10 Å². The van der Waals surface area contributed by atoms with Gasteiger partial charge >= 0.3 is 0 Å². The quantitative estimate of drug-likeness (QED) is 0.830. The van der Waals surface area contributed by atoms with Gasteiger partial charge in [0.2, 0.25) is 10.0 Å². The van der Waals surface area contributed by atoms with Crippen LogP contribution >= 0.6 is 11.6 Å². The number of primary sulfonamides is 1. The largest absolute Gasteiger partial charge is 0.481 e. The molecule has 0 aliphatic heterocycles. The maximum atomic E-state index is 12.4. The van der Waals surface area contributed by atoms with Crippen molar-refractivity contribution in [2.24, 2.45) is 5.14 Å². The van der Waals surface area contributed by atoms with Crippen molar-refractivity contribution in [2.75, 3.05) is 5.32 Å². The maximum Gasteiger partial charge on any atom is 0.265 e. The lowest BCUT2D eigenvalue weighted by atomic mass is 10.1. The third-order valence-electron chi connectivity index (χ3n) is 3.72. The molecule has 134 valence electrons. The van der Waals surface area contributed by atoms with Crippen molar-refractivity contribution in [3.05, 3.63) is 52.5 Å². The molecule has 6 nitrogen and oxygen atoms in total. The summed E-state index contributed by atoms with van der Waals surface area (Å²) in [5.41, 5.74) is 1.83. The van der Waals surface area contributed by atoms with E-state index in [9.17, 15) is 13.2 Å². The highest BCUT2D eigenvalue weighted by Gasteiger charge is 2.18. The van der Waals surface area contributed by atoms with Gasteiger partial charge in [-0.1, -0.05) is 11.6 Å². The van der Waals surface area contributed by atoms with E-state index in [1.54, 1.807) is 45.0 Å². The smallest absolute Gasteiger partial charge is 0.265 e. The van der Waals surface area contributed by atoms with E-state index in [0.29, 0.717) is 22.0 Å². The van der Waals surface area contributed by atoms with Crippen molar-refractivity contribution in [3.8, 4) is 5.75 Å². The molecule has 0 bridgehead atoms. The second-order valence-corrected chi connectivity index (χ2v) is 7.66. The van der Waals surface area contributed by atoms with Crippen molar-refractivity contribution < 1.29 is 17.9 Å². The summed E-state index contributed by atoms with van der Waals surface area (Å²) >= 11 is 5.81. The van der Waals surface area contributed by atoms with Gasteiger partial charge in [-0.2, -0.15) is 0 Å². The van der Waals surface area contributed by atoms with Crippen LogP contribution in [0, 0.1) is 13.8 Å². The van der Waals surface area contributed by atoms with Crippen LogP contribution in [0.25, 0.3) is 0 Å². The van der Waals surface area contributed by atoms with Gasteiger partial charge in [0, 0.05) is 10.7 Å². The molecule has 0 heterocycles. The van der Waals surface area contributed by atoms with Crippen LogP contribution in [0.4, 0.5) is 5.69 Å². The number of halogens is 1. The van der Waals surface area contributed by atoms with E-state index in [1.807, 2.05) is 0 Å². The highest BCUT2D eigenvalue weighted by atomic mass is 35.5. The minimum absolute atomic E-state index is 0.0582. The third-order valence-corrected chi connectivity index (χ3v) is 4.87. The van der Waals surface area contributed by atoms with Gasteiger partial charge in [-0.15, -0.1) is 0 Å². The lowest BCUT2D eigenvalue weighted by Gasteiger charge is -2.17. The summed E-state index contributed by atoms with van der Waals surface area (Å²) in [5, 5.41) is 8.42. The highest BCUT2D eigenvalue weighted by molar-refractivity contribution is 7.89. The van der Waals surface area contributed by atoms with Gasteiger partial charge in [-0.25, -0.2) is 13.6 Å². The van der Waals surface area contributed by atoms with Gasteiger partial charge in [0.25, 0.3) is 5.91 Å². The molecule has 2 rings (SSSR count). The zero-order chi connectivity index (χ0) is 18.8. The van der Waals surface area contributed by atoms with Crippen molar-refractivity contribution in [3.63, 3.8) is 0 Å². The Morgan fingerprint density at radius 3 is 2.36 bits per heavy atom. The van der Waals surface area contributed by atoms with E-state index < -0.39 is 22.0 Å². The summed E-state index contributed by atoms with van der Waals surface area (Å²) in [4.78, 5) is 12.3. The standard InChI is InChI=1S/C17H19ClN2O4S/c1-10-8-15(25(19,22)23)9-16(11(10)2)20-17(21)12(3)24-14-6-4-13(18)5-7-14/h4-9,12H,1-3H3,(H,20,21)(H2,19,22,23). The van der Waals surface area contributed by atoms with E-state index in [0.717, 1.165) is 5.56 Å². The summed E-state index contributed by atoms with van der Waals surface area (Å²) in [6.45, 7) is 5.12. The monoisotopic (exact) mass is 382 g/mol. The van der Waals surface area contributed by atoms with Gasteiger partial charge in [-0.3, -0.25) is 4.79 Å². The summed E-state index contributed by atoms with van der Waals surface area (Å²) in [7, 11) is -3.87. The Kier molecular flexibility index (Phi) is 5.72. The summed E-state index contributed by atoms with van der Waals surface area (Å²) < 4.78 is 28.7. The molecule has 2 aromatic carbocycles. The Balaban J connectivity index is 2.19. The zero-order valence-corrected chi connectivity index (χ0v) is 15.6. The number of anilines is 1. The molecule has 0 aliphatic rings. The maximum absolute atomic E-state index is 12.4. The minimum Gasteiger partial charge on any atom is -0.481 e. The molecular weight excluding hydrogens is 364 g/mol. The van der Waals surface area contributed by atoms with E-state index in [2.05, 4.69) is 5.32 Å². The molecule has 1 atom stereocenters. The molecule has 1 unspecified atom stereocenters. The SMILES string of the molecule is Cc1cc(S(N)(=O)=O)cc(NC(=O)C(C)Oc2ccc(Cl)cc2)c1C. The first-order chi connectivity index (χ1) is 11.6. The second kappa shape index (κ2) is 7.43. The van der Waals surface area contributed by atoms with Crippen LogP contribution < -0.4 is 15.2 Å². The number of nitrogens with one attached hydrogen (secondary N) is 1. The van der Waals surface area contributed by atoms with Gasteiger partial charge in [0.1, 0.15) is 5.75 Å². The van der Waals surface area contributed by atoms with Gasteiger partial charge < -0.3 is 10.1 Å². The number of carbonyl (C=O) groups is 1. The van der Waals surface area contributed by atoms with Crippen molar-refractivity contribution in [2.45, 2.75) is 31.8 Å². The van der Waals surface area contributed by atoms with Crippen LogP contribution in [-0.2, 0) is 14.8 Å². The number of benzene rings is 2. The Morgan fingerprint density at radius 2 is 1.80 bits per heavy atom. The first-order valence-corrected chi connectivity index (χ1v) is 9.37. The van der Waals surface area contributed by atoms with Crippen LogP contribution in [0.1, 0.15) is 18.1 Å². The Bertz CT molecular complexity index is 896. The predicted octanol–water partition coefficient (Wildman–Crippen LogP) is 3.01. The van der Waals surface area contributed by atoms with Crippen molar-refractivity contribution in [1.82, 2.24) is 0 Å². The lowest BCUT2D eigenvalue weighted by Crippen LogP contribution is -2.30. The lowest BCUT2D eigenvalue weighted by molar-refractivity contribution is -0.122. The minimum atomic E-state index is -3.87. The van der Waals surface area contributed by atoms with Crippen LogP contribution in [0.2, 0.25) is 5.02 Å². The topological polar surface area (TPSA) is 98.5 Å². The number of aryl methyl sites for hydroxylation is 1. The number of hydrogen-bond acceptors (Lipinski definition) is 4. The fraction of sp³-hybridized carbons (Fsp3) is 0.235. The molecule has 0 aromatic heterocycles. The fourth-order valence-electron chi connectivity index (χ4n) is 2.13. The molecule has 0 aliphatic carbocycles. The third kappa shape index (κ3) is 4.94. The molecule has 0 spiro atoms. The highest BCUT2D eigenvalue weighted by Crippen LogP contribution is 2.24. The molecule has 3 N–H and O–H groups in total. The van der Waals surface area contributed by atoms with Crippen LogP contribution in [0.15, 0.2) is 41.3 Å². The van der Waals surface area contributed by atoms with E-state index >= 15 is 0 Å². The number of hydrogen-bond donors (Lipinski definition) is 2. The van der Waals surface area contributed by atoms with E-state index in [-0.39, 0.29) is 4.90 Å². The Hall–Kier alpha value is -2.09. The van der Waals surface area contributed by atoms with E-state index in [4.69, 9.17) is 21.5 Å². The van der Waals surface area contributed by atoms with Crippen LogP contribution in [0.3, 0.4) is 0 Å².